The lowest BCUT2D eigenvalue weighted by molar-refractivity contribution is 0.0914. The number of hydrogen-bond donors (Lipinski definition) is 1. The zero-order valence-electron chi connectivity index (χ0n) is 16.1. The van der Waals surface area contributed by atoms with Gasteiger partial charge >= 0.3 is 0 Å². The van der Waals surface area contributed by atoms with Gasteiger partial charge in [-0.2, -0.15) is 0 Å². The van der Waals surface area contributed by atoms with E-state index in [4.69, 9.17) is 0 Å². The number of carbonyl (C=O) groups is 2. The Morgan fingerprint density at radius 1 is 0.893 bits per heavy atom. The summed E-state index contributed by atoms with van der Waals surface area (Å²) in [5.74, 6) is -0.508. The van der Waals surface area contributed by atoms with Crippen LogP contribution in [0.3, 0.4) is 0 Å². The summed E-state index contributed by atoms with van der Waals surface area (Å²) in [6, 6.07) is 17.5. The first-order chi connectivity index (χ1) is 13.4. The zero-order chi connectivity index (χ0) is 20.0. The van der Waals surface area contributed by atoms with E-state index in [1.165, 1.54) is 4.90 Å². The van der Waals surface area contributed by atoms with E-state index in [0.717, 1.165) is 5.56 Å². The monoisotopic (exact) mass is 371 g/mol. The van der Waals surface area contributed by atoms with E-state index in [0.29, 0.717) is 27.9 Å². The Morgan fingerprint density at radius 3 is 2.25 bits per heavy atom. The fourth-order valence-electron chi connectivity index (χ4n) is 3.79. The predicted molar refractivity (Wildman–Crippen MR) is 109 cm³/mol. The van der Waals surface area contributed by atoms with Crippen molar-refractivity contribution in [2.75, 3.05) is 4.90 Å². The van der Waals surface area contributed by atoms with Gasteiger partial charge in [-0.3, -0.25) is 14.5 Å². The van der Waals surface area contributed by atoms with Crippen LogP contribution in [0.1, 0.15) is 49.0 Å². The molecule has 0 spiro atoms. The molecule has 0 aromatic heterocycles. The molecule has 0 saturated heterocycles. The first-order valence-electron chi connectivity index (χ1n) is 9.22. The number of carbonyl (C=O) groups excluding carboxylic acids is 2. The van der Waals surface area contributed by atoms with Gasteiger partial charge in [-0.25, -0.2) is 0 Å². The molecule has 0 fully saturated rings. The van der Waals surface area contributed by atoms with Crippen molar-refractivity contribution < 1.29 is 14.7 Å². The van der Waals surface area contributed by atoms with Crippen LogP contribution in [0.2, 0.25) is 0 Å². The molecular weight excluding hydrogens is 350 g/mol. The number of fused-ring (bicyclic) bond motifs is 1. The third-order valence-corrected chi connectivity index (χ3v) is 5.36. The molecule has 1 atom stereocenters. The van der Waals surface area contributed by atoms with Gasteiger partial charge in [0.2, 0.25) is 0 Å². The highest BCUT2D eigenvalue weighted by Gasteiger charge is 2.43. The predicted octanol–water partition coefficient (Wildman–Crippen LogP) is 4.90. The molecule has 28 heavy (non-hydrogen) atoms. The van der Waals surface area contributed by atoms with E-state index in [2.05, 4.69) is 0 Å². The van der Waals surface area contributed by atoms with Crippen LogP contribution in [0.4, 0.5) is 5.69 Å². The van der Waals surface area contributed by atoms with Gasteiger partial charge in [0.15, 0.2) is 5.78 Å². The van der Waals surface area contributed by atoms with E-state index in [9.17, 15) is 14.7 Å². The van der Waals surface area contributed by atoms with Gasteiger partial charge in [-0.05, 0) is 55.7 Å². The molecule has 1 heterocycles. The van der Waals surface area contributed by atoms with Gasteiger partial charge in [0.25, 0.3) is 5.91 Å². The first-order valence-corrected chi connectivity index (χ1v) is 9.22. The molecule has 3 aromatic rings. The van der Waals surface area contributed by atoms with Crippen LogP contribution in [0.25, 0.3) is 0 Å². The van der Waals surface area contributed by atoms with Crippen molar-refractivity contribution in [1.82, 2.24) is 0 Å². The largest absolute Gasteiger partial charge is 0.507 e. The van der Waals surface area contributed by atoms with E-state index in [1.54, 1.807) is 32.0 Å². The minimum atomic E-state index is -0.808. The fourth-order valence-corrected chi connectivity index (χ4v) is 3.79. The molecule has 0 radical (unpaired) electrons. The maximum atomic E-state index is 13.6. The zero-order valence-corrected chi connectivity index (χ0v) is 16.1. The number of rotatable bonds is 3. The average molecular weight is 371 g/mol. The normalized spacial score (nSPS) is 15.6. The van der Waals surface area contributed by atoms with Crippen LogP contribution >= 0.6 is 0 Å². The molecule has 1 N–H and O–H groups in total. The summed E-state index contributed by atoms with van der Waals surface area (Å²) in [6.07, 6.45) is 0. The number of anilines is 1. The molecule has 4 heteroatoms. The molecule has 0 aliphatic carbocycles. The third kappa shape index (κ3) is 2.69. The van der Waals surface area contributed by atoms with E-state index in [1.807, 2.05) is 49.4 Å². The number of ketones is 1. The van der Waals surface area contributed by atoms with Crippen LogP contribution in [-0.4, -0.2) is 16.8 Å². The summed E-state index contributed by atoms with van der Waals surface area (Å²) < 4.78 is 0. The third-order valence-electron chi connectivity index (χ3n) is 5.36. The highest BCUT2D eigenvalue weighted by atomic mass is 16.3. The minimum absolute atomic E-state index is 0.0225. The Balaban J connectivity index is 1.91. The van der Waals surface area contributed by atoms with Gasteiger partial charge in [0, 0.05) is 11.3 Å². The van der Waals surface area contributed by atoms with Crippen molar-refractivity contribution in [1.29, 1.82) is 0 Å². The fraction of sp³-hybridized carbons (Fsp3) is 0.167. The van der Waals surface area contributed by atoms with Gasteiger partial charge in [-0.1, -0.05) is 48.0 Å². The summed E-state index contributed by atoms with van der Waals surface area (Å²) in [7, 11) is 0. The molecule has 4 nitrogen and oxygen atoms in total. The second-order valence-electron chi connectivity index (χ2n) is 7.29. The Labute approximate surface area is 164 Å². The Bertz CT molecular complexity index is 1100. The summed E-state index contributed by atoms with van der Waals surface area (Å²) in [5, 5.41) is 10.6. The maximum Gasteiger partial charge on any atom is 0.259 e. The standard InChI is InChI=1S/C24H21NO3/c1-14-8-12-17(13-9-14)25-21(18-6-4-5-7-19(18)24(25)28)23(27)20-15(2)10-11-16(3)22(20)26/h4-13,21,26H,1-3H3/t21-/m1/s1. The van der Waals surface area contributed by atoms with Crippen LogP contribution in [0.5, 0.6) is 5.75 Å². The lowest BCUT2D eigenvalue weighted by Crippen LogP contribution is -2.33. The Hall–Kier alpha value is -3.40. The van der Waals surface area contributed by atoms with Gasteiger partial charge < -0.3 is 5.11 Å². The van der Waals surface area contributed by atoms with Gasteiger partial charge in [0.1, 0.15) is 11.8 Å². The Kier molecular flexibility index (Phi) is 4.27. The van der Waals surface area contributed by atoms with E-state index in [-0.39, 0.29) is 23.0 Å². The lowest BCUT2D eigenvalue weighted by Gasteiger charge is -2.25. The number of nitrogens with zero attached hydrogens (tertiary/aromatic N) is 1. The van der Waals surface area contributed by atoms with Crippen LogP contribution < -0.4 is 4.90 Å². The van der Waals surface area contributed by atoms with Crippen LogP contribution in [-0.2, 0) is 0 Å². The van der Waals surface area contributed by atoms with Gasteiger partial charge in [0.05, 0.1) is 5.56 Å². The number of aromatic hydroxyl groups is 1. The van der Waals surface area contributed by atoms with Crippen molar-refractivity contribution in [3.63, 3.8) is 0 Å². The number of Topliss-reactive ketones (excluding diaryl/α,β-unsaturated/α-hetero) is 1. The van der Waals surface area contributed by atoms with E-state index < -0.39 is 6.04 Å². The molecular formula is C24H21NO3. The van der Waals surface area contributed by atoms with Crippen molar-refractivity contribution in [2.45, 2.75) is 26.8 Å². The van der Waals surface area contributed by atoms with Crippen molar-refractivity contribution in [3.05, 3.63) is 94.0 Å². The second-order valence-corrected chi connectivity index (χ2v) is 7.29. The highest BCUT2D eigenvalue weighted by molar-refractivity contribution is 6.19. The summed E-state index contributed by atoms with van der Waals surface area (Å²) in [5.41, 5.74) is 4.51. The molecule has 0 bridgehead atoms. The molecule has 0 unspecified atom stereocenters. The lowest BCUT2D eigenvalue weighted by atomic mass is 9.92. The van der Waals surface area contributed by atoms with Crippen LogP contribution in [0.15, 0.2) is 60.7 Å². The number of hydrogen-bond acceptors (Lipinski definition) is 3. The number of benzene rings is 3. The molecule has 0 saturated carbocycles. The first kappa shape index (κ1) is 18.0. The average Bonchev–Trinajstić information content (AvgIpc) is 2.98. The van der Waals surface area contributed by atoms with Crippen LogP contribution in [0, 0.1) is 20.8 Å². The molecule has 1 aliphatic heterocycles. The number of aryl methyl sites for hydroxylation is 3. The quantitative estimate of drug-likeness (QED) is 0.666. The number of phenolic OH excluding ortho intramolecular Hbond substituents is 1. The number of amides is 1. The summed E-state index contributed by atoms with van der Waals surface area (Å²) in [6.45, 7) is 5.53. The van der Waals surface area contributed by atoms with Crippen molar-refractivity contribution in [2.24, 2.45) is 0 Å². The smallest absolute Gasteiger partial charge is 0.259 e. The summed E-state index contributed by atoms with van der Waals surface area (Å²) in [4.78, 5) is 28.4. The van der Waals surface area contributed by atoms with Crippen molar-refractivity contribution in [3.8, 4) is 5.75 Å². The molecule has 140 valence electrons. The molecule has 1 aliphatic rings. The Morgan fingerprint density at radius 2 is 1.54 bits per heavy atom. The number of phenols is 1. The maximum absolute atomic E-state index is 13.6. The second kappa shape index (κ2) is 6.64. The van der Waals surface area contributed by atoms with Crippen molar-refractivity contribution >= 4 is 17.4 Å². The molecule has 1 amide bonds. The molecule has 3 aromatic carbocycles. The summed E-state index contributed by atoms with van der Waals surface area (Å²) >= 11 is 0. The highest BCUT2D eigenvalue weighted by Crippen LogP contribution is 2.41. The van der Waals surface area contributed by atoms with E-state index >= 15 is 0 Å². The van der Waals surface area contributed by atoms with Gasteiger partial charge in [-0.15, -0.1) is 0 Å². The molecule has 4 rings (SSSR count). The topological polar surface area (TPSA) is 57.6 Å². The SMILES string of the molecule is Cc1ccc(N2C(=O)c3ccccc3[C@@H]2C(=O)c2c(C)ccc(C)c2O)cc1. The minimum Gasteiger partial charge on any atom is -0.507 e.